The molecule has 0 saturated carbocycles. The second-order valence-electron chi connectivity index (χ2n) is 20.6. The molecule has 11 atom stereocenters. The van der Waals surface area contributed by atoms with Gasteiger partial charge in [-0.2, -0.15) is 0 Å². The van der Waals surface area contributed by atoms with E-state index in [4.69, 9.17) is 66.3 Å². The number of aromatic hydroxyl groups is 4. The standard InChI is InChI=1S/C22H38O6.C18H30O5.C14H22O4.C14H22O3/c1-9-15(5)19-13-20(26-16(6)23-10-2)22(28-18(8)25-12-4)21(14-19)27-17(7)24-11-3;1-7-12(4)15-10-16(19)18(23-14(6)21-9-3)17(11-15)22-13(5)20-8-2;1-5-9(3)11-7-12(15)14(13(16)8-11)18-10(4)17-6-2;1-5-10(3)12-7-8-14(13(15)9-12)17-11(4)16-6-2/h13-18H,9-12H2,1-8H3;10-14,19H,7-9H2,1-6H3;7-10,15-16H,5-6H2,1-4H3;7-11,15H,5-6H2,1-4H3. The fraction of sp³-hybridized carbons (Fsp3) is 0.647. The zero-order valence-corrected chi connectivity index (χ0v) is 56.3. The summed E-state index contributed by atoms with van der Waals surface area (Å²) in [5, 5.41) is 40.0. The number of ether oxygens (including phenoxy) is 14. The quantitative estimate of drug-likeness (QED) is 0.0312. The minimum absolute atomic E-state index is 0.0491. The summed E-state index contributed by atoms with van der Waals surface area (Å²) in [4.78, 5) is 0. The first-order valence-electron chi connectivity index (χ1n) is 31.3. The Bertz CT molecular complexity index is 2380. The summed E-state index contributed by atoms with van der Waals surface area (Å²) in [7, 11) is 0. The highest BCUT2D eigenvalue weighted by Crippen LogP contribution is 2.45. The van der Waals surface area contributed by atoms with E-state index in [2.05, 4.69) is 48.5 Å². The summed E-state index contributed by atoms with van der Waals surface area (Å²) >= 11 is 0. The molecule has 11 unspecified atom stereocenters. The van der Waals surface area contributed by atoms with Crippen molar-refractivity contribution in [3.05, 3.63) is 76.9 Å². The van der Waals surface area contributed by atoms with Gasteiger partial charge in [-0.15, -0.1) is 0 Å². The molecule has 0 aliphatic carbocycles. The first kappa shape index (κ1) is 78.4. The van der Waals surface area contributed by atoms with Crippen molar-refractivity contribution >= 4 is 0 Å². The van der Waals surface area contributed by atoms with E-state index in [9.17, 15) is 20.4 Å². The monoisotopic (exact) mass is 1220 g/mol. The van der Waals surface area contributed by atoms with Crippen molar-refractivity contribution in [2.75, 3.05) is 46.2 Å². The van der Waals surface area contributed by atoms with Gasteiger partial charge in [0, 0.05) is 46.2 Å². The highest BCUT2D eigenvalue weighted by molar-refractivity contribution is 5.56. The summed E-state index contributed by atoms with van der Waals surface area (Å²) in [6.45, 7) is 46.7. The number of hydrogen-bond donors (Lipinski definition) is 4. The average Bonchev–Trinajstić information content (AvgIpc) is 1.69. The van der Waals surface area contributed by atoms with Gasteiger partial charge in [-0.05, 0) is 217 Å². The summed E-state index contributed by atoms with van der Waals surface area (Å²) < 4.78 is 78.5. The molecule has 18 nitrogen and oxygen atoms in total. The average molecular weight is 1220 g/mol. The molecular formula is C68H112O18. The van der Waals surface area contributed by atoms with E-state index >= 15 is 0 Å². The SMILES string of the molecule is CCOC(C)Oc1c(O)cc(C(C)CC)cc1O.CCOC(C)Oc1cc(C(C)CC)cc(O)c1OC(C)OCC.CCOC(C)Oc1cc(C(C)CC)cc(OC(C)OCC)c1OC(C)OCC.CCOC(C)Oc1ccc(C(C)CC)cc1O. The van der Waals surface area contributed by atoms with Gasteiger partial charge in [0.25, 0.3) is 0 Å². The lowest BCUT2D eigenvalue weighted by Gasteiger charge is -2.25. The molecule has 4 aromatic carbocycles. The van der Waals surface area contributed by atoms with Crippen molar-refractivity contribution in [3.63, 3.8) is 0 Å². The van der Waals surface area contributed by atoms with Crippen LogP contribution in [0.15, 0.2) is 54.6 Å². The predicted octanol–water partition coefficient (Wildman–Crippen LogP) is 17.0. The summed E-state index contributed by atoms with van der Waals surface area (Å²) in [5.74, 6) is 4.41. The first-order valence-corrected chi connectivity index (χ1v) is 31.3. The fourth-order valence-electron chi connectivity index (χ4n) is 8.27. The lowest BCUT2D eigenvalue weighted by Crippen LogP contribution is -2.22. The van der Waals surface area contributed by atoms with Crippen molar-refractivity contribution in [1.82, 2.24) is 0 Å². The summed E-state index contributed by atoms with van der Waals surface area (Å²) in [6.07, 6.45) is 0.894. The van der Waals surface area contributed by atoms with E-state index in [1.807, 2.05) is 114 Å². The van der Waals surface area contributed by atoms with Crippen LogP contribution >= 0.6 is 0 Å². The Balaban J connectivity index is 0.000000584. The van der Waals surface area contributed by atoms with E-state index in [-0.39, 0.29) is 46.7 Å². The van der Waals surface area contributed by atoms with Crippen LogP contribution in [0.4, 0.5) is 0 Å². The molecule has 0 aliphatic heterocycles. The molecule has 0 aliphatic rings. The molecule has 492 valence electrons. The Morgan fingerprint density at radius 2 is 0.488 bits per heavy atom. The van der Waals surface area contributed by atoms with Crippen LogP contribution < -0.4 is 33.2 Å². The lowest BCUT2D eigenvalue weighted by molar-refractivity contribution is -0.0849. The molecule has 0 heterocycles. The zero-order valence-electron chi connectivity index (χ0n) is 56.3. The Labute approximate surface area is 516 Å². The second kappa shape index (κ2) is 43.1. The summed E-state index contributed by atoms with van der Waals surface area (Å²) in [5.41, 5.74) is 4.13. The molecule has 4 rings (SSSR count). The van der Waals surface area contributed by atoms with Crippen molar-refractivity contribution in [2.45, 2.75) is 246 Å². The lowest BCUT2D eigenvalue weighted by atomic mass is 9.98. The van der Waals surface area contributed by atoms with Crippen LogP contribution in [-0.2, 0) is 33.2 Å². The topological polar surface area (TPSA) is 210 Å². The normalized spacial score (nSPS) is 14.9. The molecule has 18 heteroatoms. The molecule has 0 amide bonds. The fourth-order valence-corrected chi connectivity index (χ4v) is 8.27. The van der Waals surface area contributed by atoms with Crippen LogP contribution in [-0.4, -0.2) is 111 Å². The minimum Gasteiger partial charge on any atom is -0.504 e. The van der Waals surface area contributed by atoms with Crippen LogP contribution in [0.3, 0.4) is 0 Å². The Hall–Kier alpha value is -5.60. The van der Waals surface area contributed by atoms with Crippen LogP contribution in [0.25, 0.3) is 0 Å². The largest absolute Gasteiger partial charge is 0.504 e. The van der Waals surface area contributed by atoms with E-state index in [0.29, 0.717) is 92.7 Å². The Morgan fingerprint density at radius 1 is 0.256 bits per heavy atom. The number of phenolic OH excluding ortho intramolecular Hbond substituents is 4. The molecule has 0 fully saturated rings. The van der Waals surface area contributed by atoms with Crippen LogP contribution in [0, 0.1) is 0 Å². The molecule has 0 spiro atoms. The van der Waals surface area contributed by atoms with Gasteiger partial charge in [0.2, 0.25) is 17.2 Å². The Morgan fingerprint density at radius 3 is 0.802 bits per heavy atom. The zero-order chi connectivity index (χ0) is 65.1. The molecule has 0 saturated heterocycles. The molecule has 4 aromatic rings. The Kier molecular flexibility index (Phi) is 39.3. The van der Waals surface area contributed by atoms with Gasteiger partial charge in [0.15, 0.2) is 90.0 Å². The minimum atomic E-state index is -0.513. The van der Waals surface area contributed by atoms with Gasteiger partial charge in [0.1, 0.15) is 0 Å². The van der Waals surface area contributed by atoms with E-state index in [1.165, 1.54) is 0 Å². The first-order chi connectivity index (χ1) is 40.8. The smallest absolute Gasteiger partial charge is 0.206 e. The molecule has 86 heavy (non-hydrogen) atoms. The maximum Gasteiger partial charge on any atom is 0.206 e. The van der Waals surface area contributed by atoms with Gasteiger partial charge in [-0.25, -0.2) is 0 Å². The molecule has 0 bridgehead atoms. The van der Waals surface area contributed by atoms with E-state index in [0.717, 1.165) is 47.9 Å². The molecule has 4 N–H and O–H groups in total. The molecule has 0 radical (unpaired) electrons. The number of phenols is 4. The van der Waals surface area contributed by atoms with Crippen LogP contribution in [0.1, 0.15) is 224 Å². The molecular weight excluding hydrogens is 1100 g/mol. The van der Waals surface area contributed by atoms with Gasteiger partial charge < -0.3 is 86.7 Å². The van der Waals surface area contributed by atoms with Crippen molar-refractivity contribution in [2.24, 2.45) is 0 Å². The van der Waals surface area contributed by atoms with E-state index in [1.54, 1.807) is 44.2 Å². The number of hydrogen-bond acceptors (Lipinski definition) is 18. The second-order valence-corrected chi connectivity index (χ2v) is 20.6. The predicted molar refractivity (Wildman–Crippen MR) is 339 cm³/mol. The van der Waals surface area contributed by atoms with Crippen LogP contribution in [0.2, 0.25) is 0 Å². The van der Waals surface area contributed by atoms with Gasteiger partial charge in [0.05, 0.1) is 0 Å². The van der Waals surface area contributed by atoms with Crippen molar-refractivity contribution < 1.29 is 86.7 Å². The summed E-state index contributed by atoms with van der Waals surface area (Å²) in [6, 6.07) is 16.4. The highest BCUT2D eigenvalue weighted by atomic mass is 16.7. The van der Waals surface area contributed by atoms with Crippen molar-refractivity contribution in [1.29, 1.82) is 0 Å². The molecule has 0 aromatic heterocycles. The number of rotatable bonds is 36. The maximum absolute atomic E-state index is 10.4. The third-order valence-electron chi connectivity index (χ3n) is 13.7. The van der Waals surface area contributed by atoms with Gasteiger partial charge in [-0.3, -0.25) is 0 Å². The van der Waals surface area contributed by atoms with Crippen LogP contribution in [0.5, 0.6) is 63.2 Å². The van der Waals surface area contributed by atoms with Gasteiger partial charge >= 0.3 is 0 Å². The highest BCUT2D eigenvalue weighted by Gasteiger charge is 2.24. The third-order valence-corrected chi connectivity index (χ3v) is 13.7. The van der Waals surface area contributed by atoms with Crippen molar-refractivity contribution in [3.8, 4) is 63.2 Å². The number of benzene rings is 4. The third kappa shape index (κ3) is 28.5. The maximum atomic E-state index is 10.4. The van der Waals surface area contributed by atoms with Gasteiger partial charge in [-0.1, -0.05) is 61.5 Å². The van der Waals surface area contributed by atoms with E-state index < -0.39 is 37.7 Å².